The highest BCUT2D eigenvalue weighted by Crippen LogP contribution is 2.42. The molecule has 1 fully saturated rings. The molecular weight excluding hydrogens is 368 g/mol. The Morgan fingerprint density at radius 1 is 1.42 bits per heavy atom. The van der Waals surface area contributed by atoms with Gasteiger partial charge in [-0.05, 0) is 38.0 Å². The highest BCUT2D eigenvalue weighted by atomic mass is 32.1. The van der Waals surface area contributed by atoms with Crippen LogP contribution < -0.4 is 5.32 Å². The molecule has 0 saturated heterocycles. The van der Waals surface area contributed by atoms with E-state index in [2.05, 4.69) is 25.7 Å². The number of aromatic nitrogens is 5. The second-order valence-electron chi connectivity index (χ2n) is 6.39. The van der Waals surface area contributed by atoms with Crippen LogP contribution in [0.1, 0.15) is 35.8 Å². The molecule has 0 aliphatic heterocycles. The quantitative estimate of drug-likeness (QED) is 0.631. The predicted octanol–water partition coefficient (Wildman–Crippen LogP) is 3.67. The summed E-state index contributed by atoms with van der Waals surface area (Å²) >= 11 is 6.78. The molecule has 2 heterocycles. The van der Waals surface area contributed by atoms with E-state index >= 15 is 0 Å². The van der Waals surface area contributed by atoms with E-state index in [0.29, 0.717) is 22.4 Å². The van der Waals surface area contributed by atoms with Crippen LogP contribution in [0.25, 0.3) is 11.4 Å². The largest absolute Gasteiger partial charge is 0.300 e. The normalized spacial score (nSPS) is 13.7. The SMILES string of the molecule is Cc1cccc(-c2n[nH]c(=S)n2CCC(=O)Nc2nnc(C3CC3)s2)c1. The van der Waals surface area contributed by atoms with Crippen LogP contribution in [-0.4, -0.2) is 30.9 Å². The molecule has 7 nitrogen and oxygen atoms in total. The molecule has 4 rings (SSSR count). The molecule has 0 spiro atoms. The van der Waals surface area contributed by atoms with E-state index < -0.39 is 0 Å². The molecule has 1 aliphatic carbocycles. The molecule has 3 aromatic rings. The van der Waals surface area contributed by atoms with Gasteiger partial charge in [0.2, 0.25) is 11.0 Å². The van der Waals surface area contributed by atoms with Gasteiger partial charge in [-0.3, -0.25) is 14.5 Å². The van der Waals surface area contributed by atoms with Gasteiger partial charge in [0.15, 0.2) is 10.6 Å². The van der Waals surface area contributed by atoms with Crippen LogP contribution in [0.2, 0.25) is 0 Å². The standard InChI is InChI=1S/C17H18N6OS2/c1-10-3-2-4-12(9-10)14-19-22-17(25)23(14)8-7-13(24)18-16-21-20-15(26-16)11-5-6-11/h2-4,9,11H,5-8H2,1H3,(H,22,25)(H,18,21,24). The summed E-state index contributed by atoms with van der Waals surface area (Å²) in [5.41, 5.74) is 2.11. The van der Waals surface area contributed by atoms with Crippen LogP contribution in [-0.2, 0) is 11.3 Å². The van der Waals surface area contributed by atoms with Crippen LogP contribution in [0.3, 0.4) is 0 Å². The molecule has 1 aromatic carbocycles. The maximum atomic E-state index is 12.3. The van der Waals surface area contributed by atoms with Gasteiger partial charge >= 0.3 is 0 Å². The Bertz CT molecular complexity index is 1000. The third-order valence-corrected chi connectivity index (χ3v) is 5.52. The van der Waals surface area contributed by atoms with Crippen molar-refractivity contribution >= 4 is 34.6 Å². The van der Waals surface area contributed by atoms with E-state index in [1.807, 2.05) is 35.8 Å². The number of aryl methyl sites for hydroxylation is 1. The summed E-state index contributed by atoms with van der Waals surface area (Å²) < 4.78 is 2.35. The van der Waals surface area contributed by atoms with Crippen LogP contribution in [0.5, 0.6) is 0 Å². The van der Waals surface area contributed by atoms with E-state index in [-0.39, 0.29) is 12.3 Å². The number of amides is 1. The molecule has 9 heteroatoms. The maximum absolute atomic E-state index is 12.3. The Hall–Kier alpha value is -2.39. The minimum absolute atomic E-state index is 0.109. The molecule has 26 heavy (non-hydrogen) atoms. The monoisotopic (exact) mass is 386 g/mol. The fourth-order valence-corrected chi connectivity index (χ4v) is 3.86. The van der Waals surface area contributed by atoms with Gasteiger partial charge in [-0.15, -0.1) is 10.2 Å². The summed E-state index contributed by atoms with van der Waals surface area (Å²) in [6, 6.07) is 8.03. The Balaban J connectivity index is 1.43. The Morgan fingerprint density at radius 3 is 3.04 bits per heavy atom. The fraction of sp³-hybridized carbons (Fsp3) is 0.353. The van der Waals surface area contributed by atoms with Crippen molar-refractivity contribution in [3.05, 3.63) is 39.6 Å². The summed E-state index contributed by atoms with van der Waals surface area (Å²) in [5, 5.41) is 19.7. The van der Waals surface area contributed by atoms with Crippen LogP contribution >= 0.6 is 23.6 Å². The maximum Gasteiger partial charge on any atom is 0.227 e. The van der Waals surface area contributed by atoms with Crippen molar-refractivity contribution in [1.82, 2.24) is 25.0 Å². The third kappa shape index (κ3) is 3.73. The number of carbonyl (C=O) groups excluding carboxylic acids is 1. The highest BCUT2D eigenvalue weighted by molar-refractivity contribution is 7.71. The number of H-pyrrole nitrogens is 1. The first kappa shape index (κ1) is 17.0. The first-order valence-electron chi connectivity index (χ1n) is 8.45. The first-order chi connectivity index (χ1) is 12.6. The topological polar surface area (TPSA) is 88.5 Å². The summed E-state index contributed by atoms with van der Waals surface area (Å²) in [6.07, 6.45) is 2.62. The Kier molecular flexibility index (Phi) is 4.64. The summed E-state index contributed by atoms with van der Waals surface area (Å²) in [7, 11) is 0. The van der Waals surface area contributed by atoms with E-state index in [0.717, 1.165) is 22.0 Å². The Labute approximate surface area is 159 Å². The number of anilines is 1. The highest BCUT2D eigenvalue weighted by Gasteiger charge is 2.27. The molecule has 1 amide bonds. The van der Waals surface area contributed by atoms with Crippen molar-refractivity contribution in [2.75, 3.05) is 5.32 Å². The van der Waals surface area contributed by atoms with Crippen LogP contribution in [0, 0.1) is 11.7 Å². The Morgan fingerprint density at radius 2 is 2.27 bits per heavy atom. The molecule has 0 atom stereocenters. The van der Waals surface area contributed by atoms with E-state index in [9.17, 15) is 4.79 Å². The van der Waals surface area contributed by atoms with E-state index in [1.165, 1.54) is 24.2 Å². The summed E-state index contributed by atoms with van der Waals surface area (Å²) in [6.45, 7) is 2.47. The average molecular weight is 387 g/mol. The number of aromatic amines is 1. The minimum atomic E-state index is -0.109. The van der Waals surface area contributed by atoms with Crippen molar-refractivity contribution < 1.29 is 4.79 Å². The van der Waals surface area contributed by atoms with Crippen molar-refractivity contribution in [1.29, 1.82) is 0 Å². The van der Waals surface area contributed by atoms with Gasteiger partial charge in [0.05, 0.1) is 0 Å². The lowest BCUT2D eigenvalue weighted by atomic mass is 10.1. The van der Waals surface area contributed by atoms with E-state index in [4.69, 9.17) is 12.2 Å². The van der Waals surface area contributed by atoms with Gasteiger partial charge in [-0.25, -0.2) is 0 Å². The van der Waals surface area contributed by atoms with Crippen LogP contribution in [0.4, 0.5) is 5.13 Å². The second kappa shape index (κ2) is 7.08. The number of nitrogens with zero attached hydrogens (tertiary/aromatic N) is 4. The first-order valence-corrected chi connectivity index (χ1v) is 9.68. The number of hydrogen-bond donors (Lipinski definition) is 2. The fourth-order valence-electron chi connectivity index (χ4n) is 2.71. The summed E-state index contributed by atoms with van der Waals surface area (Å²) in [5.74, 6) is 1.17. The average Bonchev–Trinajstić information content (AvgIpc) is 3.26. The molecule has 0 unspecified atom stereocenters. The number of hydrogen-bond acceptors (Lipinski definition) is 6. The van der Waals surface area contributed by atoms with Crippen LogP contribution in [0.15, 0.2) is 24.3 Å². The predicted molar refractivity (Wildman–Crippen MR) is 103 cm³/mol. The minimum Gasteiger partial charge on any atom is -0.300 e. The van der Waals surface area contributed by atoms with Crippen molar-refractivity contribution in [2.45, 2.75) is 38.6 Å². The van der Waals surface area contributed by atoms with Gasteiger partial charge < -0.3 is 5.32 Å². The molecule has 0 bridgehead atoms. The smallest absolute Gasteiger partial charge is 0.227 e. The zero-order valence-corrected chi connectivity index (χ0v) is 15.9. The third-order valence-electron chi connectivity index (χ3n) is 4.21. The molecule has 1 saturated carbocycles. The van der Waals surface area contributed by atoms with Gasteiger partial charge in [0.1, 0.15) is 5.01 Å². The number of carbonyl (C=O) groups is 1. The zero-order valence-electron chi connectivity index (χ0n) is 14.2. The van der Waals surface area contributed by atoms with Gasteiger partial charge in [-0.2, -0.15) is 5.10 Å². The second-order valence-corrected chi connectivity index (χ2v) is 7.79. The molecule has 1 aliphatic rings. The lowest BCUT2D eigenvalue weighted by Crippen LogP contribution is -2.15. The molecule has 2 aromatic heterocycles. The lowest BCUT2D eigenvalue weighted by Gasteiger charge is -2.07. The summed E-state index contributed by atoms with van der Waals surface area (Å²) in [4.78, 5) is 12.3. The molecular formula is C17H18N6OS2. The molecule has 0 radical (unpaired) electrons. The van der Waals surface area contributed by atoms with Gasteiger partial charge in [-0.1, -0.05) is 35.1 Å². The van der Waals surface area contributed by atoms with Gasteiger partial charge in [0, 0.05) is 24.4 Å². The molecule has 134 valence electrons. The number of rotatable bonds is 6. The number of benzene rings is 1. The molecule has 2 N–H and O–H groups in total. The van der Waals surface area contributed by atoms with Gasteiger partial charge in [0.25, 0.3) is 0 Å². The van der Waals surface area contributed by atoms with E-state index in [1.54, 1.807) is 0 Å². The number of nitrogens with one attached hydrogen (secondary N) is 2. The lowest BCUT2D eigenvalue weighted by molar-refractivity contribution is -0.116. The zero-order chi connectivity index (χ0) is 18.1. The van der Waals surface area contributed by atoms with Crippen molar-refractivity contribution in [3.8, 4) is 11.4 Å². The van der Waals surface area contributed by atoms with Crippen molar-refractivity contribution in [2.24, 2.45) is 0 Å². The van der Waals surface area contributed by atoms with Crippen molar-refractivity contribution in [3.63, 3.8) is 0 Å².